The van der Waals surface area contributed by atoms with E-state index < -0.39 is 10.0 Å². The monoisotopic (exact) mass is 399 g/mol. The highest BCUT2D eigenvalue weighted by Gasteiger charge is 2.36. The van der Waals surface area contributed by atoms with Crippen LogP contribution in [0.15, 0.2) is 16.3 Å². The van der Waals surface area contributed by atoms with Crippen LogP contribution in [0.5, 0.6) is 0 Å². The zero-order valence-corrected chi connectivity index (χ0v) is 16.6. The number of hydrogen-bond donors (Lipinski definition) is 0. The molecule has 0 spiro atoms. The van der Waals surface area contributed by atoms with Crippen molar-refractivity contribution in [2.24, 2.45) is 7.05 Å². The summed E-state index contributed by atoms with van der Waals surface area (Å²) in [5.41, 5.74) is 3.44. The zero-order chi connectivity index (χ0) is 17.6. The van der Waals surface area contributed by atoms with Gasteiger partial charge in [0, 0.05) is 18.8 Å². The van der Waals surface area contributed by atoms with Crippen LogP contribution in [-0.4, -0.2) is 28.5 Å². The summed E-state index contributed by atoms with van der Waals surface area (Å²) in [5.74, 6) is 0. The predicted molar refractivity (Wildman–Crippen MR) is 99.5 cm³/mol. The van der Waals surface area contributed by atoms with Crippen molar-refractivity contribution in [3.63, 3.8) is 0 Å². The number of nitrogens with zero attached hydrogens (tertiary/aromatic N) is 3. The van der Waals surface area contributed by atoms with E-state index in [4.69, 9.17) is 11.6 Å². The SMILES string of the molecule is Cn1nc(CN(C2CCCC2)S(=O)(=O)c2ccc(Cl)s2)c2c1CCC2. The van der Waals surface area contributed by atoms with Crippen molar-refractivity contribution in [1.82, 2.24) is 14.1 Å². The number of halogens is 1. The van der Waals surface area contributed by atoms with Crippen LogP contribution in [0.25, 0.3) is 0 Å². The number of rotatable bonds is 5. The summed E-state index contributed by atoms with van der Waals surface area (Å²) < 4.78 is 31.0. The molecule has 136 valence electrons. The summed E-state index contributed by atoms with van der Waals surface area (Å²) in [7, 11) is -1.59. The summed E-state index contributed by atoms with van der Waals surface area (Å²) in [6.07, 6.45) is 7.19. The third-order valence-corrected chi connectivity index (χ3v) is 8.94. The topological polar surface area (TPSA) is 55.2 Å². The second kappa shape index (κ2) is 6.68. The van der Waals surface area contributed by atoms with Crippen LogP contribution < -0.4 is 0 Å². The van der Waals surface area contributed by atoms with Gasteiger partial charge in [0.1, 0.15) is 4.21 Å². The van der Waals surface area contributed by atoms with Gasteiger partial charge >= 0.3 is 0 Å². The molecule has 0 saturated heterocycles. The van der Waals surface area contributed by atoms with Gasteiger partial charge in [0.2, 0.25) is 0 Å². The Morgan fingerprint density at radius 2 is 2.04 bits per heavy atom. The minimum atomic E-state index is -3.55. The van der Waals surface area contributed by atoms with Gasteiger partial charge in [0.05, 0.1) is 16.6 Å². The van der Waals surface area contributed by atoms with Gasteiger partial charge in [-0.3, -0.25) is 4.68 Å². The Bertz CT molecular complexity index is 882. The van der Waals surface area contributed by atoms with Crippen molar-refractivity contribution in [3.05, 3.63) is 33.4 Å². The van der Waals surface area contributed by atoms with E-state index in [0.717, 1.165) is 62.0 Å². The van der Waals surface area contributed by atoms with E-state index in [0.29, 0.717) is 15.1 Å². The van der Waals surface area contributed by atoms with Gasteiger partial charge in [-0.2, -0.15) is 9.40 Å². The number of sulfonamides is 1. The highest BCUT2D eigenvalue weighted by molar-refractivity contribution is 7.91. The quantitative estimate of drug-likeness (QED) is 0.769. The maximum absolute atomic E-state index is 13.3. The molecule has 0 N–H and O–H groups in total. The first-order valence-electron chi connectivity index (χ1n) is 8.77. The molecule has 2 aromatic heterocycles. The first-order valence-corrected chi connectivity index (χ1v) is 11.4. The van der Waals surface area contributed by atoms with E-state index in [1.807, 2.05) is 11.7 Å². The van der Waals surface area contributed by atoms with E-state index in [2.05, 4.69) is 5.10 Å². The fraction of sp³-hybridized carbons (Fsp3) is 0.588. The molecule has 2 aliphatic carbocycles. The minimum Gasteiger partial charge on any atom is -0.272 e. The van der Waals surface area contributed by atoms with Crippen molar-refractivity contribution in [2.45, 2.75) is 61.7 Å². The van der Waals surface area contributed by atoms with Crippen LogP contribution >= 0.6 is 22.9 Å². The molecule has 5 nitrogen and oxygen atoms in total. The van der Waals surface area contributed by atoms with E-state index in [-0.39, 0.29) is 6.04 Å². The summed E-state index contributed by atoms with van der Waals surface area (Å²) in [6, 6.07) is 3.34. The highest BCUT2D eigenvalue weighted by Crippen LogP contribution is 2.35. The van der Waals surface area contributed by atoms with Crippen molar-refractivity contribution in [3.8, 4) is 0 Å². The second-order valence-corrected chi connectivity index (χ2v) is 10.7. The number of thiophene rings is 1. The van der Waals surface area contributed by atoms with Crippen molar-refractivity contribution in [1.29, 1.82) is 0 Å². The summed E-state index contributed by atoms with van der Waals surface area (Å²) in [4.78, 5) is 0. The van der Waals surface area contributed by atoms with E-state index in [1.165, 1.54) is 11.3 Å². The first-order chi connectivity index (χ1) is 12.0. The summed E-state index contributed by atoms with van der Waals surface area (Å²) in [6.45, 7) is 0.367. The molecule has 8 heteroatoms. The zero-order valence-electron chi connectivity index (χ0n) is 14.2. The highest BCUT2D eigenvalue weighted by atomic mass is 35.5. The molecule has 4 rings (SSSR count). The van der Waals surface area contributed by atoms with Crippen LogP contribution in [0.3, 0.4) is 0 Å². The summed E-state index contributed by atoms with van der Waals surface area (Å²) >= 11 is 7.12. The predicted octanol–water partition coefficient (Wildman–Crippen LogP) is 3.76. The Hall–Kier alpha value is -0.890. The first kappa shape index (κ1) is 17.5. The van der Waals surface area contributed by atoms with Crippen LogP contribution in [0.1, 0.15) is 49.1 Å². The standard InChI is InChI=1S/C17H22ClN3O2S2/c1-20-15-8-4-7-13(15)14(19-20)11-21(12-5-2-3-6-12)25(22,23)17-10-9-16(18)24-17/h9-10,12H,2-8,11H2,1H3. The molecule has 2 heterocycles. The molecule has 0 amide bonds. The third-order valence-electron chi connectivity index (χ3n) is 5.35. The Morgan fingerprint density at radius 1 is 1.28 bits per heavy atom. The Balaban J connectivity index is 1.71. The lowest BCUT2D eigenvalue weighted by Crippen LogP contribution is -2.38. The largest absolute Gasteiger partial charge is 0.272 e. The molecule has 0 atom stereocenters. The molecule has 0 aromatic carbocycles. The van der Waals surface area contributed by atoms with E-state index in [1.54, 1.807) is 16.4 Å². The normalized spacial score (nSPS) is 18.4. The lowest BCUT2D eigenvalue weighted by molar-refractivity contribution is 0.312. The van der Waals surface area contributed by atoms with Crippen LogP contribution in [0.2, 0.25) is 4.34 Å². The number of hydrogen-bond acceptors (Lipinski definition) is 4. The number of aromatic nitrogens is 2. The van der Waals surface area contributed by atoms with Crippen LogP contribution in [-0.2, 0) is 36.5 Å². The van der Waals surface area contributed by atoms with Gasteiger partial charge in [0.25, 0.3) is 10.0 Å². The Labute approximate surface area is 157 Å². The smallest absolute Gasteiger partial charge is 0.253 e. The Kier molecular flexibility index (Phi) is 4.68. The number of fused-ring (bicyclic) bond motifs is 1. The van der Waals surface area contributed by atoms with Gasteiger partial charge in [-0.15, -0.1) is 11.3 Å². The van der Waals surface area contributed by atoms with Crippen molar-refractivity contribution in [2.75, 3.05) is 0 Å². The lowest BCUT2D eigenvalue weighted by atomic mass is 10.2. The van der Waals surface area contributed by atoms with Gasteiger partial charge in [-0.1, -0.05) is 24.4 Å². The average Bonchev–Trinajstić information content (AvgIpc) is 3.32. The van der Waals surface area contributed by atoms with Gasteiger partial charge in [0.15, 0.2) is 0 Å². The van der Waals surface area contributed by atoms with E-state index >= 15 is 0 Å². The van der Waals surface area contributed by atoms with Crippen molar-refractivity contribution < 1.29 is 8.42 Å². The van der Waals surface area contributed by atoms with Gasteiger partial charge in [-0.05, 0) is 49.8 Å². The third kappa shape index (κ3) is 3.16. The molecule has 2 aliphatic rings. The number of aryl methyl sites for hydroxylation is 1. The lowest BCUT2D eigenvalue weighted by Gasteiger charge is -2.27. The molecular formula is C17H22ClN3O2S2. The molecule has 0 radical (unpaired) electrons. The molecule has 0 aliphatic heterocycles. The Morgan fingerprint density at radius 3 is 2.72 bits per heavy atom. The molecule has 1 fully saturated rings. The van der Waals surface area contributed by atoms with Crippen LogP contribution in [0, 0.1) is 0 Å². The van der Waals surface area contributed by atoms with E-state index in [9.17, 15) is 8.42 Å². The molecule has 1 saturated carbocycles. The maximum atomic E-state index is 13.3. The average molecular weight is 400 g/mol. The van der Waals surface area contributed by atoms with Crippen molar-refractivity contribution >= 4 is 33.0 Å². The maximum Gasteiger partial charge on any atom is 0.253 e. The van der Waals surface area contributed by atoms with Crippen LogP contribution in [0.4, 0.5) is 0 Å². The summed E-state index contributed by atoms with van der Waals surface area (Å²) in [5, 5.41) is 4.64. The molecule has 25 heavy (non-hydrogen) atoms. The molecular weight excluding hydrogens is 378 g/mol. The minimum absolute atomic E-state index is 0.0601. The fourth-order valence-electron chi connectivity index (χ4n) is 4.13. The molecule has 0 bridgehead atoms. The molecule has 2 aromatic rings. The van der Waals surface area contributed by atoms with Gasteiger partial charge in [-0.25, -0.2) is 8.42 Å². The second-order valence-electron chi connectivity index (χ2n) is 6.90. The van der Waals surface area contributed by atoms with Gasteiger partial charge < -0.3 is 0 Å². The fourth-order valence-corrected chi connectivity index (χ4v) is 7.39. The molecule has 0 unspecified atom stereocenters.